The van der Waals surface area contributed by atoms with E-state index in [0.29, 0.717) is 6.42 Å². The molecule has 0 spiro atoms. The molecule has 0 bridgehead atoms. The summed E-state index contributed by atoms with van der Waals surface area (Å²) >= 11 is 0. The van der Waals surface area contributed by atoms with Crippen LogP contribution in [0.5, 0.6) is 0 Å². The first-order chi connectivity index (χ1) is 6.44. The molecule has 0 radical (unpaired) electrons. The van der Waals surface area contributed by atoms with Gasteiger partial charge >= 0.3 is 6.09 Å². The summed E-state index contributed by atoms with van der Waals surface area (Å²) in [5.41, 5.74) is 3.34. The Hall–Kier alpha value is -1.56. The Morgan fingerprint density at radius 1 is 1.57 bits per heavy atom. The summed E-state index contributed by atoms with van der Waals surface area (Å²) in [5, 5.41) is 20.2. The third-order valence-corrected chi connectivity index (χ3v) is 2.18. The summed E-state index contributed by atoms with van der Waals surface area (Å²) in [6.07, 6.45) is 2.01. The molecular weight excluding hydrogens is 188 g/mol. The number of carbonyl (C=O) groups excluding carboxylic acids is 1. The fraction of sp³-hybridized carbons (Fsp3) is 0.500. The van der Waals surface area contributed by atoms with Crippen LogP contribution in [0.3, 0.4) is 0 Å². The Balaban J connectivity index is 2.63. The molecule has 0 aromatic rings. The van der Waals surface area contributed by atoms with E-state index in [2.05, 4.69) is 5.32 Å². The van der Waals surface area contributed by atoms with E-state index in [1.807, 2.05) is 0 Å². The molecule has 6 heteroatoms. The first-order valence-corrected chi connectivity index (χ1v) is 4.15. The van der Waals surface area contributed by atoms with Gasteiger partial charge in [-0.1, -0.05) is 6.08 Å². The van der Waals surface area contributed by atoms with Gasteiger partial charge < -0.3 is 21.3 Å². The molecular formula is C8H12N2O4. The van der Waals surface area contributed by atoms with Gasteiger partial charge in [0.05, 0.1) is 6.04 Å². The van der Waals surface area contributed by atoms with Crippen molar-refractivity contribution in [2.45, 2.75) is 24.5 Å². The highest BCUT2D eigenvalue weighted by Gasteiger charge is 2.34. The summed E-state index contributed by atoms with van der Waals surface area (Å²) in [4.78, 5) is 21.1. The predicted molar refractivity (Wildman–Crippen MR) is 47.5 cm³/mol. The van der Waals surface area contributed by atoms with E-state index in [-0.39, 0.29) is 12.5 Å². The minimum atomic E-state index is -1.63. The average Bonchev–Trinajstić information content (AvgIpc) is 2.08. The van der Waals surface area contributed by atoms with Crippen molar-refractivity contribution < 1.29 is 19.8 Å². The smallest absolute Gasteiger partial charge is 0.405 e. The summed E-state index contributed by atoms with van der Waals surface area (Å²) in [6.45, 7) is 0. The van der Waals surface area contributed by atoms with Crippen molar-refractivity contribution in [3.63, 3.8) is 0 Å². The van der Waals surface area contributed by atoms with E-state index in [1.54, 1.807) is 0 Å². The topological polar surface area (TPSA) is 113 Å². The maximum Gasteiger partial charge on any atom is 0.405 e. The van der Waals surface area contributed by atoms with Gasteiger partial charge in [-0.3, -0.25) is 4.79 Å². The largest absolute Gasteiger partial charge is 0.465 e. The molecule has 6 nitrogen and oxygen atoms in total. The second kappa shape index (κ2) is 3.67. The number of nitrogens with one attached hydrogen (secondary N) is 1. The molecule has 0 aromatic heterocycles. The lowest BCUT2D eigenvalue weighted by atomic mass is 9.88. The first-order valence-electron chi connectivity index (χ1n) is 4.15. The molecule has 2 unspecified atom stereocenters. The van der Waals surface area contributed by atoms with Gasteiger partial charge in [-0.15, -0.1) is 0 Å². The Morgan fingerprint density at radius 3 is 2.57 bits per heavy atom. The Bertz CT molecular complexity index is 289. The van der Waals surface area contributed by atoms with Gasteiger partial charge in [0.25, 0.3) is 5.91 Å². The molecule has 1 aliphatic rings. The fourth-order valence-corrected chi connectivity index (χ4v) is 1.31. The molecule has 0 aromatic carbocycles. The van der Waals surface area contributed by atoms with Crippen LogP contribution in [-0.2, 0) is 4.79 Å². The lowest BCUT2D eigenvalue weighted by Gasteiger charge is -2.27. The molecule has 0 saturated heterocycles. The highest BCUT2D eigenvalue weighted by Crippen LogP contribution is 2.21. The lowest BCUT2D eigenvalue weighted by molar-refractivity contribution is -0.132. The Kier molecular flexibility index (Phi) is 2.76. The van der Waals surface area contributed by atoms with Crippen molar-refractivity contribution in [3.05, 3.63) is 12.2 Å². The minimum absolute atomic E-state index is 0.129. The SMILES string of the molecule is NC(=O)C1(O)C=CC(NC(=O)O)CC1. The average molecular weight is 200 g/mol. The van der Waals surface area contributed by atoms with Gasteiger partial charge in [0.2, 0.25) is 0 Å². The van der Waals surface area contributed by atoms with Crippen LogP contribution >= 0.6 is 0 Å². The molecule has 1 rings (SSSR count). The monoisotopic (exact) mass is 200 g/mol. The number of hydrogen-bond acceptors (Lipinski definition) is 3. The van der Waals surface area contributed by atoms with Crippen LogP contribution in [0.2, 0.25) is 0 Å². The van der Waals surface area contributed by atoms with E-state index in [4.69, 9.17) is 10.8 Å². The van der Waals surface area contributed by atoms with Crippen LogP contribution in [-0.4, -0.2) is 33.9 Å². The highest BCUT2D eigenvalue weighted by atomic mass is 16.4. The summed E-state index contributed by atoms with van der Waals surface area (Å²) in [7, 11) is 0. The number of primary amides is 1. The number of aliphatic hydroxyl groups is 1. The zero-order valence-electron chi connectivity index (χ0n) is 7.43. The molecule has 14 heavy (non-hydrogen) atoms. The number of rotatable bonds is 2. The third-order valence-electron chi connectivity index (χ3n) is 2.18. The van der Waals surface area contributed by atoms with E-state index in [1.165, 1.54) is 12.2 Å². The molecule has 5 N–H and O–H groups in total. The number of amides is 2. The summed E-state index contributed by atoms with van der Waals surface area (Å²) < 4.78 is 0. The van der Waals surface area contributed by atoms with Crippen LogP contribution in [0, 0.1) is 0 Å². The van der Waals surface area contributed by atoms with E-state index in [9.17, 15) is 14.7 Å². The van der Waals surface area contributed by atoms with Gasteiger partial charge in [0.1, 0.15) is 0 Å². The summed E-state index contributed by atoms with van der Waals surface area (Å²) in [5.74, 6) is -0.817. The number of nitrogens with two attached hydrogens (primary N) is 1. The summed E-state index contributed by atoms with van der Waals surface area (Å²) in [6, 6.07) is -0.368. The number of hydrogen-bond donors (Lipinski definition) is 4. The predicted octanol–water partition coefficient (Wildman–Crippen LogP) is -0.811. The Morgan fingerprint density at radius 2 is 2.21 bits per heavy atom. The number of carbonyl (C=O) groups is 2. The van der Waals surface area contributed by atoms with Crippen molar-refractivity contribution in [2.24, 2.45) is 5.73 Å². The van der Waals surface area contributed by atoms with E-state index in [0.717, 1.165) is 0 Å². The molecule has 1 aliphatic carbocycles. The molecule has 0 heterocycles. The van der Waals surface area contributed by atoms with Crippen LogP contribution in [0.1, 0.15) is 12.8 Å². The van der Waals surface area contributed by atoms with Gasteiger partial charge in [-0.05, 0) is 18.9 Å². The van der Waals surface area contributed by atoms with Crippen LogP contribution in [0.4, 0.5) is 4.79 Å². The standard InChI is InChI=1S/C8H12N2O4/c9-6(11)8(14)3-1-5(2-4-8)10-7(12)13/h1,3,5,10,14H,2,4H2,(H2,9,11)(H,12,13). The molecule has 2 atom stereocenters. The van der Waals surface area contributed by atoms with Gasteiger partial charge in [0, 0.05) is 0 Å². The van der Waals surface area contributed by atoms with Crippen LogP contribution in [0.25, 0.3) is 0 Å². The zero-order valence-corrected chi connectivity index (χ0v) is 7.43. The van der Waals surface area contributed by atoms with Crippen molar-refractivity contribution in [1.29, 1.82) is 0 Å². The van der Waals surface area contributed by atoms with Crippen molar-refractivity contribution in [1.82, 2.24) is 5.32 Å². The maximum atomic E-state index is 10.8. The van der Waals surface area contributed by atoms with Gasteiger partial charge in [0.15, 0.2) is 5.60 Å². The van der Waals surface area contributed by atoms with E-state index < -0.39 is 17.6 Å². The maximum absolute atomic E-state index is 10.8. The van der Waals surface area contributed by atoms with Crippen LogP contribution in [0.15, 0.2) is 12.2 Å². The Labute approximate surface area is 80.4 Å². The fourth-order valence-electron chi connectivity index (χ4n) is 1.31. The zero-order chi connectivity index (χ0) is 10.8. The highest BCUT2D eigenvalue weighted by molar-refractivity contribution is 5.85. The third kappa shape index (κ3) is 2.23. The molecule has 2 amide bonds. The van der Waals surface area contributed by atoms with E-state index >= 15 is 0 Å². The minimum Gasteiger partial charge on any atom is -0.465 e. The molecule has 78 valence electrons. The first kappa shape index (κ1) is 10.5. The second-order valence-corrected chi connectivity index (χ2v) is 3.24. The second-order valence-electron chi connectivity index (χ2n) is 3.24. The molecule has 0 fully saturated rings. The molecule has 0 saturated carbocycles. The van der Waals surface area contributed by atoms with Crippen molar-refractivity contribution in [3.8, 4) is 0 Å². The normalized spacial score (nSPS) is 31.1. The molecule has 0 aliphatic heterocycles. The lowest BCUT2D eigenvalue weighted by Crippen LogP contribution is -2.46. The van der Waals surface area contributed by atoms with Gasteiger partial charge in [-0.2, -0.15) is 0 Å². The van der Waals surface area contributed by atoms with Crippen molar-refractivity contribution in [2.75, 3.05) is 0 Å². The van der Waals surface area contributed by atoms with Crippen LogP contribution < -0.4 is 11.1 Å². The van der Waals surface area contributed by atoms with Gasteiger partial charge in [-0.25, -0.2) is 4.79 Å². The quantitative estimate of drug-likeness (QED) is 0.436. The van der Waals surface area contributed by atoms with Crippen molar-refractivity contribution >= 4 is 12.0 Å². The number of carboxylic acid groups (broad SMARTS) is 1.